The lowest BCUT2D eigenvalue weighted by atomic mass is 9.94. The zero-order chi connectivity index (χ0) is 19.7. The molecule has 2 aliphatic heterocycles. The first kappa shape index (κ1) is 22.0. The molecule has 3 aliphatic rings. The van der Waals surface area contributed by atoms with E-state index in [1.165, 1.54) is 0 Å². The van der Waals surface area contributed by atoms with Gasteiger partial charge < -0.3 is 9.80 Å². The van der Waals surface area contributed by atoms with Crippen molar-refractivity contribution in [3.05, 3.63) is 35.9 Å². The molecule has 0 radical (unpaired) electrons. The first-order valence-electron chi connectivity index (χ1n) is 10.2. The fourth-order valence-corrected chi connectivity index (χ4v) is 4.25. The Morgan fingerprint density at radius 2 is 1.76 bits per heavy atom. The average Bonchev–Trinajstić information content (AvgIpc) is 3.48. The van der Waals surface area contributed by atoms with Crippen molar-refractivity contribution >= 4 is 24.2 Å². The number of nitrogens with zero attached hydrogens (tertiary/aromatic N) is 2. The van der Waals surface area contributed by atoms with E-state index >= 15 is 0 Å². The number of hydrogen-bond acceptors (Lipinski definition) is 3. The van der Waals surface area contributed by atoms with Crippen LogP contribution in [-0.2, 0) is 16.1 Å². The number of likely N-dealkylation sites (tertiary alicyclic amines) is 1. The molecule has 2 amide bonds. The van der Waals surface area contributed by atoms with E-state index in [1.807, 2.05) is 35.2 Å². The topological polar surface area (TPSA) is 52.7 Å². The Morgan fingerprint density at radius 1 is 1.10 bits per heavy atom. The van der Waals surface area contributed by atoms with Gasteiger partial charge in [0.1, 0.15) is 0 Å². The third kappa shape index (κ3) is 5.25. The zero-order valence-electron chi connectivity index (χ0n) is 16.4. The molecular weight excluding hydrogens is 400 g/mol. The van der Waals surface area contributed by atoms with Crippen LogP contribution < -0.4 is 5.32 Å². The van der Waals surface area contributed by atoms with E-state index in [0.29, 0.717) is 38.5 Å². The van der Waals surface area contributed by atoms with Crippen molar-refractivity contribution in [3.63, 3.8) is 0 Å². The fraction of sp³-hybridized carbons (Fsp3) is 0.619. The van der Waals surface area contributed by atoms with Crippen molar-refractivity contribution in [2.45, 2.75) is 56.7 Å². The number of carbonyl (C=O) groups excluding carboxylic acids is 2. The van der Waals surface area contributed by atoms with Crippen LogP contribution in [0.2, 0.25) is 0 Å². The molecule has 4 rings (SSSR count). The molecule has 3 fully saturated rings. The van der Waals surface area contributed by atoms with Crippen molar-refractivity contribution < 1.29 is 18.4 Å². The number of hydrogen-bond donors (Lipinski definition) is 1. The predicted molar refractivity (Wildman–Crippen MR) is 108 cm³/mol. The summed E-state index contributed by atoms with van der Waals surface area (Å²) in [6.45, 7) is 1.12. The molecule has 2 saturated heterocycles. The molecule has 0 bridgehead atoms. The van der Waals surface area contributed by atoms with Crippen LogP contribution in [0, 0.1) is 5.92 Å². The van der Waals surface area contributed by atoms with Crippen LogP contribution in [0.4, 0.5) is 8.78 Å². The molecular formula is C21H28ClF2N3O2. The number of amides is 2. The number of alkyl halides is 2. The molecule has 1 aromatic rings. The summed E-state index contributed by atoms with van der Waals surface area (Å²) in [6.07, 6.45) is 2.88. The SMILES string of the molecule is Cl.O=C(C1CC(F)(F)CN1)N1CCC(C(=O)N(Cc2ccccc2)C2CC2)CC1. The smallest absolute Gasteiger partial charge is 0.262 e. The second kappa shape index (κ2) is 8.96. The van der Waals surface area contributed by atoms with Crippen molar-refractivity contribution in [2.75, 3.05) is 19.6 Å². The Balaban J connectivity index is 0.00000240. The molecule has 5 nitrogen and oxygen atoms in total. The predicted octanol–water partition coefficient (Wildman–Crippen LogP) is 2.84. The van der Waals surface area contributed by atoms with Crippen molar-refractivity contribution in [1.82, 2.24) is 15.1 Å². The average molecular weight is 428 g/mol. The fourth-order valence-electron chi connectivity index (χ4n) is 4.25. The quantitative estimate of drug-likeness (QED) is 0.786. The first-order chi connectivity index (χ1) is 13.4. The zero-order valence-corrected chi connectivity index (χ0v) is 17.2. The highest BCUT2D eigenvalue weighted by molar-refractivity contribution is 5.85. The van der Waals surface area contributed by atoms with Crippen LogP contribution in [0.1, 0.15) is 37.7 Å². The minimum absolute atomic E-state index is 0. The van der Waals surface area contributed by atoms with Gasteiger partial charge in [-0.2, -0.15) is 0 Å². The number of benzene rings is 1. The number of carbonyl (C=O) groups is 2. The third-order valence-electron chi connectivity index (χ3n) is 6.03. The minimum Gasteiger partial charge on any atom is -0.341 e. The highest BCUT2D eigenvalue weighted by Crippen LogP contribution is 2.32. The van der Waals surface area contributed by atoms with Gasteiger partial charge in [-0.05, 0) is 31.2 Å². The van der Waals surface area contributed by atoms with Gasteiger partial charge in [0.2, 0.25) is 11.8 Å². The molecule has 1 atom stereocenters. The van der Waals surface area contributed by atoms with Crippen LogP contribution in [0.3, 0.4) is 0 Å². The second-order valence-electron chi connectivity index (χ2n) is 8.28. The Morgan fingerprint density at radius 3 is 2.31 bits per heavy atom. The van der Waals surface area contributed by atoms with Crippen molar-refractivity contribution in [1.29, 1.82) is 0 Å². The van der Waals surface area contributed by atoms with E-state index in [9.17, 15) is 18.4 Å². The molecule has 8 heteroatoms. The van der Waals surface area contributed by atoms with Gasteiger partial charge in [-0.25, -0.2) is 8.78 Å². The lowest BCUT2D eigenvalue weighted by Crippen LogP contribution is -2.49. The van der Waals surface area contributed by atoms with Gasteiger partial charge in [-0.1, -0.05) is 30.3 Å². The number of nitrogens with one attached hydrogen (secondary N) is 1. The molecule has 0 aromatic heterocycles. The molecule has 1 unspecified atom stereocenters. The number of piperidine rings is 1. The van der Waals surface area contributed by atoms with Crippen LogP contribution in [0.5, 0.6) is 0 Å². The van der Waals surface area contributed by atoms with Gasteiger partial charge in [-0.15, -0.1) is 12.4 Å². The van der Waals surface area contributed by atoms with E-state index in [4.69, 9.17) is 0 Å². The molecule has 160 valence electrons. The molecule has 0 spiro atoms. The van der Waals surface area contributed by atoms with Gasteiger partial charge in [-0.3, -0.25) is 14.9 Å². The number of halogens is 3. The lowest BCUT2D eigenvalue weighted by Gasteiger charge is -2.35. The van der Waals surface area contributed by atoms with E-state index in [1.54, 1.807) is 4.90 Å². The van der Waals surface area contributed by atoms with Crippen LogP contribution in [-0.4, -0.2) is 59.3 Å². The molecule has 29 heavy (non-hydrogen) atoms. The Bertz CT molecular complexity index is 722. The molecule has 2 heterocycles. The lowest BCUT2D eigenvalue weighted by molar-refractivity contribution is -0.142. The summed E-state index contributed by atoms with van der Waals surface area (Å²) in [6, 6.07) is 9.53. The van der Waals surface area contributed by atoms with Gasteiger partial charge in [0, 0.05) is 38.0 Å². The van der Waals surface area contributed by atoms with Crippen molar-refractivity contribution in [3.8, 4) is 0 Å². The summed E-state index contributed by atoms with van der Waals surface area (Å²) in [7, 11) is 0. The monoisotopic (exact) mass is 427 g/mol. The summed E-state index contributed by atoms with van der Waals surface area (Å²) in [5.41, 5.74) is 1.13. The molecule has 1 aromatic carbocycles. The van der Waals surface area contributed by atoms with E-state index in [-0.39, 0.29) is 30.1 Å². The third-order valence-corrected chi connectivity index (χ3v) is 6.03. The van der Waals surface area contributed by atoms with Crippen molar-refractivity contribution in [2.24, 2.45) is 5.92 Å². The first-order valence-corrected chi connectivity index (χ1v) is 10.2. The van der Waals surface area contributed by atoms with Crippen LogP contribution in [0.25, 0.3) is 0 Å². The van der Waals surface area contributed by atoms with Gasteiger partial charge >= 0.3 is 0 Å². The summed E-state index contributed by atoms with van der Waals surface area (Å²) >= 11 is 0. The molecule has 1 N–H and O–H groups in total. The Labute approximate surface area is 176 Å². The summed E-state index contributed by atoms with van der Waals surface area (Å²) in [5.74, 6) is -2.99. The summed E-state index contributed by atoms with van der Waals surface area (Å²) < 4.78 is 26.7. The van der Waals surface area contributed by atoms with Gasteiger partial charge in [0.15, 0.2) is 0 Å². The van der Waals surface area contributed by atoms with E-state index in [0.717, 1.165) is 18.4 Å². The van der Waals surface area contributed by atoms with E-state index in [2.05, 4.69) is 5.32 Å². The Kier molecular flexibility index (Phi) is 6.79. The second-order valence-corrected chi connectivity index (χ2v) is 8.28. The molecule has 1 aliphatic carbocycles. The van der Waals surface area contributed by atoms with Crippen LogP contribution >= 0.6 is 12.4 Å². The maximum atomic E-state index is 13.4. The van der Waals surface area contributed by atoms with E-state index < -0.39 is 24.9 Å². The Hall–Kier alpha value is -1.73. The van der Waals surface area contributed by atoms with Gasteiger partial charge in [0.05, 0.1) is 12.6 Å². The molecule has 1 saturated carbocycles. The summed E-state index contributed by atoms with van der Waals surface area (Å²) in [5, 5.41) is 2.63. The highest BCUT2D eigenvalue weighted by Gasteiger charge is 2.44. The maximum Gasteiger partial charge on any atom is 0.262 e. The minimum atomic E-state index is -2.81. The maximum absolute atomic E-state index is 13.4. The van der Waals surface area contributed by atoms with Gasteiger partial charge in [0.25, 0.3) is 5.92 Å². The summed E-state index contributed by atoms with van der Waals surface area (Å²) in [4.78, 5) is 29.2. The largest absolute Gasteiger partial charge is 0.341 e. The standard InChI is InChI=1S/C21H27F2N3O2.ClH/c22-21(23)12-18(24-14-21)20(28)25-10-8-16(9-11-25)19(27)26(17-6-7-17)13-15-4-2-1-3-5-15;/h1-5,16-18,24H,6-14H2;1H. The normalized spacial score (nSPS) is 24.1. The van der Waals surface area contributed by atoms with Crippen LogP contribution in [0.15, 0.2) is 30.3 Å². The highest BCUT2D eigenvalue weighted by atomic mass is 35.5. The number of rotatable bonds is 5.